The van der Waals surface area contributed by atoms with Crippen LogP contribution in [0.4, 0.5) is 4.79 Å². The van der Waals surface area contributed by atoms with Crippen molar-refractivity contribution in [3.63, 3.8) is 0 Å². The second-order valence-electron chi connectivity index (χ2n) is 5.36. The van der Waals surface area contributed by atoms with E-state index in [1.807, 2.05) is 0 Å². The summed E-state index contributed by atoms with van der Waals surface area (Å²) in [6.07, 6.45) is 2.16. The zero-order chi connectivity index (χ0) is 20.0. The number of carbonyl (C=O) groups is 3. The molecule has 1 saturated heterocycles. The van der Waals surface area contributed by atoms with Crippen LogP contribution in [0.3, 0.4) is 0 Å². The Balaban J connectivity index is 2.15. The molecule has 1 aromatic rings. The third kappa shape index (κ3) is 5.71. The van der Waals surface area contributed by atoms with E-state index in [0.717, 1.165) is 11.8 Å². The first-order valence-corrected chi connectivity index (χ1v) is 9.79. The van der Waals surface area contributed by atoms with Crippen molar-refractivity contribution >= 4 is 62.5 Å². The van der Waals surface area contributed by atoms with Crippen LogP contribution in [-0.4, -0.2) is 56.0 Å². The number of benzene rings is 1. The van der Waals surface area contributed by atoms with Crippen molar-refractivity contribution in [3.05, 3.63) is 32.1 Å². The van der Waals surface area contributed by atoms with Crippen molar-refractivity contribution in [2.75, 3.05) is 34.0 Å². The highest BCUT2D eigenvalue weighted by Gasteiger charge is 2.34. The lowest BCUT2D eigenvalue weighted by atomic mass is 10.2. The minimum atomic E-state index is -0.538. The highest BCUT2D eigenvalue weighted by molar-refractivity contribution is 9.10. The maximum absolute atomic E-state index is 12.4. The van der Waals surface area contributed by atoms with Crippen molar-refractivity contribution in [1.29, 1.82) is 0 Å². The Morgan fingerprint density at radius 2 is 2.07 bits per heavy atom. The van der Waals surface area contributed by atoms with Gasteiger partial charge >= 0.3 is 5.97 Å². The number of thioether (sulfide) groups is 1. The molecule has 0 aliphatic carbocycles. The molecule has 146 valence electrons. The predicted octanol–water partition coefficient (Wildman–Crippen LogP) is 3.73. The van der Waals surface area contributed by atoms with Gasteiger partial charge in [-0.1, -0.05) is 11.6 Å². The van der Waals surface area contributed by atoms with Crippen LogP contribution in [-0.2, 0) is 19.1 Å². The number of ether oxygens (including phenoxy) is 3. The Bertz CT molecular complexity index is 762. The standard InChI is InChI=1S/C17H17BrClNO6S/c1-24-5-3-4-20-16(22)13(27-17(20)23)8-10-6-11(18)15(12(19)7-10)26-9-14(21)25-2/h6-8H,3-5,9H2,1-2H3/b13-8+. The topological polar surface area (TPSA) is 82.1 Å². The molecule has 0 spiro atoms. The monoisotopic (exact) mass is 477 g/mol. The largest absolute Gasteiger partial charge is 0.479 e. The molecular formula is C17H17BrClNO6S. The van der Waals surface area contributed by atoms with Gasteiger partial charge in [-0.15, -0.1) is 0 Å². The first-order chi connectivity index (χ1) is 12.9. The van der Waals surface area contributed by atoms with Crippen LogP contribution in [0, 0.1) is 0 Å². The molecule has 0 saturated carbocycles. The number of methoxy groups -OCH3 is 2. The van der Waals surface area contributed by atoms with Crippen molar-refractivity contribution in [1.82, 2.24) is 4.90 Å². The van der Waals surface area contributed by atoms with E-state index in [9.17, 15) is 14.4 Å². The molecule has 0 atom stereocenters. The van der Waals surface area contributed by atoms with E-state index in [1.54, 1.807) is 25.3 Å². The molecule has 7 nitrogen and oxygen atoms in total. The van der Waals surface area contributed by atoms with E-state index < -0.39 is 5.97 Å². The Labute approximate surface area is 174 Å². The maximum atomic E-state index is 12.4. The van der Waals surface area contributed by atoms with Crippen molar-refractivity contribution in [2.45, 2.75) is 6.42 Å². The second-order valence-corrected chi connectivity index (χ2v) is 7.61. The minimum absolute atomic E-state index is 0.249. The molecule has 1 aromatic carbocycles. The van der Waals surface area contributed by atoms with E-state index in [2.05, 4.69) is 20.7 Å². The average molecular weight is 479 g/mol. The molecule has 0 radical (unpaired) electrons. The summed E-state index contributed by atoms with van der Waals surface area (Å²) >= 11 is 10.4. The van der Waals surface area contributed by atoms with Gasteiger partial charge < -0.3 is 14.2 Å². The summed E-state index contributed by atoms with van der Waals surface area (Å²) in [5.41, 5.74) is 0.611. The molecule has 0 N–H and O–H groups in total. The molecule has 2 rings (SSSR count). The van der Waals surface area contributed by atoms with Gasteiger partial charge in [0, 0.05) is 20.3 Å². The second kappa shape index (κ2) is 10.1. The van der Waals surface area contributed by atoms with Crippen molar-refractivity contribution in [2.24, 2.45) is 0 Å². The lowest BCUT2D eigenvalue weighted by molar-refractivity contribution is -0.142. The summed E-state index contributed by atoms with van der Waals surface area (Å²) in [4.78, 5) is 37.1. The van der Waals surface area contributed by atoms with E-state index in [4.69, 9.17) is 21.1 Å². The summed E-state index contributed by atoms with van der Waals surface area (Å²) in [5, 5.41) is -0.0654. The molecule has 1 aliphatic rings. The molecule has 1 heterocycles. The van der Waals surface area contributed by atoms with Crippen LogP contribution in [0.15, 0.2) is 21.5 Å². The normalized spacial score (nSPS) is 15.6. The van der Waals surface area contributed by atoms with E-state index in [-0.39, 0.29) is 28.5 Å². The number of halogens is 2. The molecular weight excluding hydrogens is 462 g/mol. The fraction of sp³-hybridized carbons (Fsp3) is 0.353. The Morgan fingerprint density at radius 3 is 2.70 bits per heavy atom. The van der Waals surface area contributed by atoms with Crippen LogP contribution < -0.4 is 4.74 Å². The van der Waals surface area contributed by atoms with Gasteiger partial charge in [-0.3, -0.25) is 14.5 Å². The number of imide groups is 1. The quantitative estimate of drug-likeness (QED) is 0.320. The van der Waals surface area contributed by atoms with Crippen LogP contribution in [0.5, 0.6) is 5.75 Å². The first-order valence-electron chi connectivity index (χ1n) is 7.80. The van der Waals surface area contributed by atoms with Crippen molar-refractivity contribution in [3.8, 4) is 5.75 Å². The number of hydrogen-bond donors (Lipinski definition) is 0. The van der Waals surface area contributed by atoms with Gasteiger partial charge in [0.1, 0.15) is 0 Å². The van der Waals surface area contributed by atoms with Gasteiger partial charge in [0.05, 0.1) is 21.5 Å². The SMILES string of the molecule is COCCCN1C(=O)S/C(=C/c2cc(Cl)c(OCC(=O)OC)c(Br)c2)C1=O. The zero-order valence-electron chi connectivity index (χ0n) is 14.6. The number of nitrogens with zero attached hydrogens (tertiary/aromatic N) is 1. The Kier molecular flexibility index (Phi) is 8.15. The zero-order valence-corrected chi connectivity index (χ0v) is 17.8. The number of carbonyl (C=O) groups excluding carboxylic acids is 3. The maximum Gasteiger partial charge on any atom is 0.343 e. The highest BCUT2D eigenvalue weighted by Crippen LogP contribution is 2.37. The van der Waals surface area contributed by atoms with E-state index >= 15 is 0 Å². The first kappa shape index (κ1) is 21.7. The summed E-state index contributed by atoms with van der Waals surface area (Å²) < 4.78 is 15.3. The Hall–Kier alpha value is -1.55. The van der Waals surface area contributed by atoms with Gasteiger partial charge in [0.25, 0.3) is 11.1 Å². The number of hydrogen-bond acceptors (Lipinski definition) is 7. The smallest absolute Gasteiger partial charge is 0.343 e. The summed E-state index contributed by atoms with van der Waals surface area (Å²) in [5.74, 6) is -0.601. The molecule has 2 amide bonds. The number of rotatable bonds is 8. The van der Waals surface area contributed by atoms with E-state index in [1.165, 1.54) is 12.0 Å². The predicted molar refractivity (Wildman–Crippen MR) is 106 cm³/mol. The Morgan fingerprint density at radius 1 is 1.33 bits per heavy atom. The summed E-state index contributed by atoms with van der Waals surface area (Å²) in [6, 6.07) is 3.26. The van der Waals surface area contributed by atoms with Crippen LogP contribution in [0.1, 0.15) is 12.0 Å². The van der Waals surface area contributed by atoms with E-state index in [0.29, 0.717) is 34.5 Å². The molecule has 0 unspecified atom stereocenters. The molecule has 0 bridgehead atoms. The molecule has 27 heavy (non-hydrogen) atoms. The molecule has 10 heteroatoms. The summed E-state index contributed by atoms with van der Waals surface area (Å²) in [6.45, 7) is 0.492. The third-order valence-corrected chi connectivity index (χ3v) is 5.26. The van der Waals surface area contributed by atoms with Crippen molar-refractivity contribution < 1.29 is 28.6 Å². The number of amides is 2. The summed E-state index contributed by atoms with van der Waals surface area (Å²) in [7, 11) is 2.82. The van der Waals surface area contributed by atoms with Gasteiger partial charge in [0.2, 0.25) is 0 Å². The third-order valence-electron chi connectivity index (χ3n) is 3.48. The fourth-order valence-electron chi connectivity index (χ4n) is 2.20. The van der Waals surface area contributed by atoms with Gasteiger partial charge in [0.15, 0.2) is 12.4 Å². The van der Waals surface area contributed by atoms with Crippen LogP contribution in [0.25, 0.3) is 6.08 Å². The number of esters is 1. The lowest BCUT2D eigenvalue weighted by Gasteiger charge is -2.11. The molecule has 1 fully saturated rings. The molecule has 0 aromatic heterocycles. The van der Waals surface area contributed by atoms with Crippen LogP contribution in [0.2, 0.25) is 5.02 Å². The van der Waals surface area contributed by atoms with Gasteiger partial charge in [-0.05, 0) is 57.9 Å². The minimum Gasteiger partial charge on any atom is -0.479 e. The average Bonchev–Trinajstić information content (AvgIpc) is 2.88. The highest BCUT2D eigenvalue weighted by atomic mass is 79.9. The molecule has 1 aliphatic heterocycles. The van der Waals surface area contributed by atoms with Gasteiger partial charge in [-0.25, -0.2) is 4.79 Å². The lowest BCUT2D eigenvalue weighted by Crippen LogP contribution is -2.29. The van der Waals surface area contributed by atoms with Gasteiger partial charge in [-0.2, -0.15) is 0 Å². The van der Waals surface area contributed by atoms with Crippen LogP contribution >= 0.6 is 39.3 Å². The fourth-order valence-corrected chi connectivity index (χ4v) is 4.06.